The van der Waals surface area contributed by atoms with Crippen LogP contribution in [0.5, 0.6) is 5.75 Å². The number of anilines is 1. The standard InChI is InChI=1S/C14H15N3O3/c15-8-9-20-11-6-4-10(5-7-11)16-14(19)12-2-1-3-13(18)17-12/h1-7H,8-9,15H2,(H,16,19)(H,17,18). The second-order valence-corrected chi connectivity index (χ2v) is 4.04. The van der Waals surface area contributed by atoms with Crippen molar-refractivity contribution in [1.29, 1.82) is 0 Å². The van der Waals surface area contributed by atoms with Gasteiger partial charge in [-0.3, -0.25) is 9.59 Å². The van der Waals surface area contributed by atoms with E-state index in [9.17, 15) is 9.59 Å². The van der Waals surface area contributed by atoms with Crippen molar-refractivity contribution in [3.8, 4) is 5.75 Å². The van der Waals surface area contributed by atoms with Crippen molar-refractivity contribution >= 4 is 11.6 Å². The average molecular weight is 273 g/mol. The summed E-state index contributed by atoms with van der Waals surface area (Å²) in [6.45, 7) is 0.886. The van der Waals surface area contributed by atoms with Crippen LogP contribution in [0.4, 0.5) is 5.69 Å². The van der Waals surface area contributed by atoms with E-state index in [1.807, 2.05) is 0 Å². The third kappa shape index (κ3) is 3.69. The predicted octanol–water partition coefficient (Wildman–Crippen LogP) is 0.965. The van der Waals surface area contributed by atoms with E-state index in [0.29, 0.717) is 24.6 Å². The second-order valence-electron chi connectivity index (χ2n) is 4.04. The number of hydrogen-bond donors (Lipinski definition) is 3. The minimum atomic E-state index is -0.377. The number of H-pyrrole nitrogens is 1. The summed E-state index contributed by atoms with van der Waals surface area (Å²) in [5, 5.41) is 2.68. The fourth-order valence-electron chi connectivity index (χ4n) is 1.59. The van der Waals surface area contributed by atoms with Crippen molar-refractivity contribution in [2.24, 2.45) is 5.73 Å². The Balaban J connectivity index is 2.02. The first-order chi connectivity index (χ1) is 9.69. The molecule has 0 radical (unpaired) electrons. The van der Waals surface area contributed by atoms with E-state index in [-0.39, 0.29) is 17.2 Å². The predicted molar refractivity (Wildman–Crippen MR) is 76.0 cm³/mol. The van der Waals surface area contributed by atoms with Gasteiger partial charge in [-0.2, -0.15) is 0 Å². The maximum absolute atomic E-state index is 11.9. The van der Waals surface area contributed by atoms with Gasteiger partial charge in [0.15, 0.2) is 0 Å². The first-order valence-corrected chi connectivity index (χ1v) is 6.12. The van der Waals surface area contributed by atoms with Crippen LogP contribution in [0.15, 0.2) is 47.3 Å². The third-order valence-electron chi connectivity index (χ3n) is 2.51. The molecule has 1 amide bonds. The molecule has 0 saturated carbocycles. The normalized spacial score (nSPS) is 10.1. The maximum atomic E-state index is 11.9. The SMILES string of the molecule is NCCOc1ccc(NC(=O)c2cccc(=O)[nH]2)cc1. The first kappa shape index (κ1) is 13.8. The largest absolute Gasteiger partial charge is 0.492 e. The molecular weight excluding hydrogens is 258 g/mol. The van der Waals surface area contributed by atoms with Gasteiger partial charge in [-0.05, 0) is 30.3 Å². The van der Waals surface area contributed by atoms with Crippen LogP contribution in [0.1, 0.15) is 10.5 Å². The Morgan fingerprint density at radius 1 is 1.20 bits per heavy atom. The van der Waals surface area contributed by atoms with Crippen LogP contribution in [-0.2, 0) is 0 Å². The Morgan fingerprint density at radius 2 is 1.95 bits per heavy atom. The number of aromatic amines is 1. The molecule has 2 aromatic rings. The van der Waals surface area contributed by atoms with E-state index in [4.69, 9.17) is 10.5 Å². The number of carbonyl (C=O) groups is 1. The quantitative estimate of drug-likeness (QED) is 0.756. The molecule has 2 rings (SSSR count). The minimum Gasteiger partial charge on any atom is -0.492 e. The summed E-state index contributed by atoms with van der Waals surface area (Å²) in [6, 6.07) is 11.3. The van der Waals surface area contributed by atoms with Gasteiger partial charge in [-0.15, -0.1) is 0 Å². The topological polar surface area (TPSA) is 97.2 Å². The van der Waals surface area contributed by atoms with Gasteiger partial charge in [0.1, 0.15) is 18.1 Å². The molecule has 6 nitrogen and oxygen atoms in total. The summed E-state index contributed by atoms with van der Waals surface area (Å²) >= 11 is 0. The van der Waals surface area contributed by atoms with Crippen molar-refractivity contribution in [1.82, 2.24) is 4.98 Å². The Kier molecular flexibility index (Phi) is 4.52. The Morgan fingerprint density at radius 3 is 2.60 bits per heavy atom. The molecule has 1 aromatic heterocycles. The summed E-state index contributed by atoms with van der Waals surface area (Å²) in [7, 11) is 0. The van der Waals surface area contributed by atoms with Crippen molar-refractivity contribution in [3.05, 3.63) is 58.5 Å². The van der Waals surface area contributed by atoms with Crippen LogP contribution < -0.4 is 21.3 Å². The zero-order valence-corrected chi connectivity index (χ0v) is 10.8. The van der Waals surface area contributed by atoms with E-state index < -0.39 is 0 Å². The van der Waals surface area contributed by atoms with Crippen LogP contribution in [-0.4, -0.2) is 24.0 Å². The summed E-state index contributed by atoms with van der Waals surface area (Å²) in [6.07, 6.45) is 0. The Hall–Kier alpha value is -2.60. The number of aromatic nitrogens is 1. The lowest BCUT2D eigenvalue weighted by Gasteiger charge is -2.07. The number of hydrogen-bond acceptors (Lipinski definition) is 4. The maximum Gasteiger partial charge on any atom is 0.272 e. The molecule has 0 bridgehead atoms. The Labute approximate surface area is 115 Å². The van der Waals surface area contributed by atoms with Gasteiger partial charge in [0.25, 0.3) is 5.91 Å². The molecule has 0 aliphatic carbocycles. The molecule has 104 valence electrons. The smallest absolute Gasteiger partial charge is 0.272 e. The number of nitrogens with two attached hydrogens (primary N) is 1. The lowest BCUT2D eigenvalue weighted by atomic mass is 10.3. The number of amides is 1. The zero-order chi connectivity index (χ0) is 14.4. The van der Waals surface area contributed by atoms with Crippen LogP contribution >= 0.6 is 0 Å². The van der Waals surface area contributed by atoms with Gasteiger partial charge in [-0.1, -0.05) is 6.07 Å². The van der Waals surface area contributed by atoms with E-state index in [1.165, 1.54) is 18.2 Å². The summed E-state index contributed by atoms with van der Waals surface area (Å²) < 4.78 is 5.33. The van der Waals surface area contributed by atoms with E-state index in [0.717, 1.165) is 0 Å². The van der Waals surface area contributed by atoms with Gasteiger partial charge in [-0.25, -0.2) is 0 Å². The molecule has 1 heterocycles. The highest BCUT2D eigenvalue weighted by atomic mass is 16.5. The van der Waals surface area contributed by atoms with Crippen LogP contribution in [0, 0.1) is 0 Å². The number of pyridine rings is 1. The summed E-state index contributed by atoms with van der Waals surface area (Å²) in [5.74, 6) is 0.305. The highest BCUT2D eigenvalue weighted by molar-refractivity contribution is 6.02. The lowest BCUT2D eigenvalue weighted by Crippen LogP contribution is -2.17. The molecule has 0 saturated heterocycles. The van der Waals surface area contributed by atoms with Crippen LogP contribution in [0.3, 0.4) is 0 Å². The van der Waals surface area contributed by atoms with Crippen LogP contribution in [0.2, 0.25) is 0 Å². The second kappa shape index (κ2) is 6.53. The van der Waals surface area contributed by atoms with Gasteiger partial charge < -0.3 is 20.8 Å². The molecule has 0 atom stereocenters. The molecule has 4 N–H and O–H groups in total. The van der Waals surface area contributed by atoms with Crippen molar-refractivity contribution in [3.63, 3.8) is 0 Å². The van der Waals surface area contributed by atoms with E-state index in [1.54, 1.807) is 24.3 Å². The van der Waals surface area contributed by atoms with Gasteiger partial charge in [0.05, 0.1) is 0 Å². The molecule has 6 heteroatoms. The van der Waals surface area contributed by atoms with Crippen molar-refractivity contribution in [2.45, 2.75) is 0 Å². The summed E-state index contributed by atoms with van der Waals surface area (Å²) in [4.78, 5) is 25.5. The monoisotopic (exact) mass is 273 g/mol. The molecule has 1 aromatic carbocycles. The molecule has 0 unspecified atom stereocenters. The molecule has 0 spiro atoms. The minimum absolute atomic E-state index is 0.209. The zero-order valence-electron chi connectivity index (χ0n) is 10.8. The third-order valence-corrected chi connectivity index (χ3v) is 2.51. The number of rotatable bonds is 5. The highest BCUT2D eigenvalue weighted by Gasteiger charge is 2.06. The summed E-state index contributed by atoms with van der Waals surface area (Å²) in [5.41, 5.74) is 5.84. The van der Waals surface area contributed by atoms with Crippen LogP contribution in [0.25, 0.3) is 0 Å². The van der Waals surface area contributed by atoms with Gasteiger partial charge in [0.2, 0.25) is 5.56 Å². The van der Waals surface area contributed by atoms with Crippen molar-refractivity contribution in [2.75, 3.05) is 18.5 Å². The fourth-order valence-corrected chi connectivity index (χ4v) is 1.59. The number of ether oxygens (including phenoxy) is 1. The van der Waals surface area contributed by atoms with E-state index >= 15 is 0 Å². The average Bonchev–Trinajstić information content (AvgIpc) is 2.46. The number of carbonyl (C=O) groups excluding carboxylic acids is 1. The molecular formula is C14H15N3O3. The van der Waals surface area contributed by atoms with Gasteiger partial charge in [0, 0.05) is 18.3 Å². The molecule has 0 fully saturated rings. The number of nitrogens with one attached hydrogen (secondary N) is 2. The highest BCUT2D eigenvalue weighted by Crippen LogP contribution is 2.15. The fraction of sp³-hybridized carbons (Fsp3) is 0.143. The first-order valence-electron chi connectivity index (χ1n) is 6.12. The molecule has 0 aliphatic rings. The molecule has 20 heavy (non-hydrogen) atoms. The lowest BCUT2D eigenvalue weighted by molar-refractivity contribution is 0.102. The van der Waals surface area contributed by atoms with E-state index in [2.05, 4.69) is 10.3 Å². The Bertz CT molecular complexity index is 635. The molecule has 0 aliphatic heterocycles. The van der Waals surface area contributed by atoms with Gasteiger partial charge >= 0.3 is 0 Å². The van der Waals surface area contributed by atoms with Crippen molar-refractivity contribution < 1.29 is 9.53 Å². The number of benzene rings is 1.